The van der Waals surface area contributed by atoms with Gasteiger partial charge in [0.2, 0.25) is 0 Å². The van der Waals surface area contributed by atoms with Crippen molar-refractivity contribution in [2.45, 2.75) is 25.7 Å². The van der Waals surface area contributed by atoms with E-state index in [9.17, 15) is 4.79 Å². The molecule has 0 amide bonds. The number of hydrogen-bond acceptors (Lipinski definition) is 2. The Morgan fingerprint density at radius 2 is 1.71 bits per heavy atom. The molecule has 0 unspecified atom stereocenters. The van der Waals surface area contributed by atoms with E-state index in [4.69, 9.17) is 16.3 Å². The van der Waals surface area contributed by atoms with Gasteiger partial charge in [-0.15, -0.1) is 0 Å². The molecule has 0 aliphatic heterocycles. The van der Waals surface area contributed by atoms with Crippen molar-refractivity contribution in [3.05, 3.63) is 64.7 Å². The fraction of sp³-hybridized carbons (Fsp3) is 0.278. The Balaban J connectivity index is 2.10. The average molecular weight is 303 g/mol. The molecule has 0 saturated carbocycles. The lowest BCUT2D eigenvalue weighted by Gasteiger charge is -2.15. The zero-order valence-corrected chi connectivity index (χ0v) is 13.1. The highest BCUT2D eigenvalue weighted by Crippen LogP contribution is 2.26. The lowest BCUT2D eigenvalue weighted by molar-refractivity contribution is 0.0973. The lowest BCUT2D eigenvalue weighted by Crippen LogP contribution is -2.07. The number of benzene rings is 2. The fourth-order valence-electron chi connectivity index (χ4n) is 2.35. The molecule has 0 radical (unpaired) electrons. The molecule has 0 N–H and O–H groups in total. The molecule has 0 saturated heterocycles. The van der Waals surface area contributed by atoms with Gasteiger partial charge in [-0.25, -0.2) is 0 Å². The van der Waals surface area contributed by atoms with E-state index in [2.05, 4.69) is 6.92 Å². The van der Waals surface area contributed by atoms with Crippen molar-refractivity contribution in [3.63, 3.8) is 0 Å². The van der Waals surface area contributed by atoms with Crippen LogP contribution in [0.4, 0.5) is 0 Å². The highest BCUT2D eigenvalue weighted by molar-refractivity contribution is 6.30. The predicted molar refractivity (Wildman–Crippen MR) is 86.4 cm³/mol. The van der Waals surface area contributed by atoms with Crippen LogP contribution < -0.4 is 4.74 Å². The summed E-state index contributed by atoms with van der Waals surface area (Å²) >= 11 is 5.91. The monoisotopic (exact) mass is 302 g/mol. The van der Waals surface area contributed by atoms with Crippen molar-refractivity contribution in [1.82, 2.24) is 0 Å². The van der Waals surface area contributed by atoms with Gasteiger partial charge in [0.15, 0.2) is 5.78 Å². The molecule has 0 heterocycles. The molecule has 0 aliphatic rings. The number of carbonyl (C=O) groups excluding carboxylic acids is 1. The third kappa shape index (κ3) is 4.08. The Morgan fingerprint density at radius 3 is 2.24 bits per heavy atom. The van der Waals surface area contributed by atoms with Crippen LogP contribution in [0.1, 0.15) is 41.6 Å². The van der Waals surface area contributed by atoms with Crippen LogP contribution in [-0.4, -0.2) is 12.9 Å². The van der Waals surface area contributed by atoms with E-state index in [-0.39, 0.29) is 11.7 Å². The summed E-state index contributed by atoms with van der Waals surface area (Å²) in [5.41, 5.74) is 1.88. The van der Waals surface area contributed by atoms with Crippen LogP contribution in [0.3, 0.4) is 0 Å². The summed E-state index contributed by atoms with van der Waals surface area (Å²) < 4.78 is 5.11. The Bertz CT molecular complexity index is 588. The zero-order valence-electron chi connectivity index (χ0n) is 12.3. The molecule has 2 aromatic rings. The summed E-state index contributed by atoms with van der Waals surface area (Å²) in [6.07, 6.45) is 1.42. The predicted octanol–water partition coefficient (Wildman–Crippen LogP) is 5.12. The maximum atomic E-state index is 12.4. The van der Waals surface area contributed by atoms with E-state index in [1.54, 1.807) is 7.11 Å². The number of ether oxygens (including phenoxy) is 1. The lowest BCUT2D eigenvalue weighted by atomic mass is 9.89. The molecule has 0 aromatic heterocycles. The first-order chi connectivity index (χ1) is 10.1. The van der Waals surface area contributed by atoms with Gasteiger partial charge in [0.1, 0.15) is 5.75 Å². The minimum absolute atomic E-state index is 0.152. The zero-order chi connectivity index (χ0) is 15.2. The van der Waals surface area contributed by atoms with Crippen LogP contribution in [0.15, 0.2) is 48.5 Å². The molecule has 2 nitrogen and oxygen atoms in total. The van der Waals surface area contributed by atoms with Crippen molar-refractivity contribution >= 4 is 17.4 Å². The van der Waals surface area contributed by atoms with Gasteiger partial charge in [-0.1, -0.05) is 30.7 Å². The fourth-order valence-corrected chi connectivity index (χ4v) is 2.48. The van der Waals surface area contributed by atoms with Crippen LogP contribution >= 0.6 is 11.6 Å². The topological polar surface area (TPSA) is 26.3 Å². The standard InChI is InChI=1S/C18H19ClO2/c1-3-13(14-4-8-16(19)9-5-14)12-18(20)15-6-10-17(21-2)11-7-15/h4-11,13H,3,12H2,1-2H3/t13-/m1/s1. The van der Waals surface area contributed by atoms with Crippen LogP contribution in [0.2, 0.25) is 5.02 Å². The van der Waals surface area contributed by atoms with Crippen LogP contribution in [-0.2, 0) is 0 Å². The molecule has 2 aromatic carbocycles. The molecule has 0 bridgehead atoms. The van der Waals surface area contributed by atoms with E-state index in [1.165, 1.54) is 0 Å². The van der Waals surface area contributed by atoms with Crippen molar-refractivity contribution in [1.29, 1.82) is 0 Å². The van der Waals surface area contributed by atoms with Gasteiger partial charge in [0.05, 0.1) is 7.11 Å². The summed E-state index contributed by atoms with van der Waals surface area (Å²) in [6.45, 7) is 2.10. The van der Waals surface area contributed by atoms with E-state index in [0.717, 1.165) is 28.3 Å². The van der Waals surface area contributed by atoms with Crippen LogP contribution in [0, 0.1) is 0 Å². The average Bonchev–Trinajstić information content (AvgIpc) is 2.53. The van der Waals surface area contributed by atoms with Gasteiger partial charge in [-0.2, -0.15) is 0 Å². The maximum Gasteiger partial charge on any atom is 0.163 e. The summed E-state index contributed by atoms with van der Waals surface area (Å²) in [7, 11) is 1.62. The molecule has 0 spiro atoms. The summed E-state index contributed by atoms with van der Waals surface area (Å²) in [5, 5.41) is 0.718. The first-order valence-corrected chi connectivity index (χ1v) is 7.44. The van der Waals surface area contributed by atoms with Crippen molar-refractivity contribution < 1.29 is 9.53 Å². The molecule has 21 heavy (non-hydrogen) atoms. The van der Waals surface area contributed by atoms with E-state index in [0.29, 0.717) is 6.42 Å². The SMILES string of the molecule is CC[C@H](CC(=O)c1ccc(OC)cc1)c1ccc(Cl)cc1. The Hall–Kier alpha value is -1.80. The number of halogens is 1. The van der Waals surface area contributed by atoms with E-state index in [1.807, 2.05) is 48.5 Å². The number of ketones is 1. The van der Waals surface area contributed by atoms with Gasteiger partial charge < -0.3 is 4.74 Å². The van der Waals surface area contributed by atoms with Gasteiger partial charge in [-0.05, 0) is 54.3 Å². The van der Waals surface area contributed by atoms with E-state index < -0.39 is 0 Å². The van der Waals surface area contributed by atoms with Gasteiger partial charge in [0, 0.05) is 17.0 Å². The number of carbonyl (C=O) groups is 1. The quantitative estimate of drug-likeness (QED) is 0.693. The highest BCUT2D eigenvalue weighted by atomic mass is 35.5. The molecule has 110 valence electrons. The Labute approximate surface area is 130 Å². The molecule has 0 aliphatic carbocycles. The summed E-state index contributed by atoms with van der Waals surface area (Å²) in [5.74, 6) is 1.13. The molecular formula is C18H19ClO2. The summed E-state index contributed by atoms with van der Waals surface area (Å²) in [6, 6.07) is 15.0. The highest BCUT2D eigenvalue weighted by Gasteiger charge is 2.15. The maximum absolute atomic E-state index is 12.4. The first kappa shape index (κ1) is 15.6. The first-order valence-electron chi connectivity index (χ1n) is 7.06. The van der Waals surface area contributed by atoms with Crippen molar-refractivity contribution in [3.8, 4) is 5.75 Å². The third-order valence-corrected chi connectivity index (χ3v) is 3.93. The molecule has 3 heteroatoms. The van der Waals surface area contributed by atoms with Crippen molar-refractivity contribution in [2.75, 3.05) is 7.11 Å². The van der Waals surface area contributed by atoms with Gasteiger partial charge in [-0.3, -0.25) is 4.79 Å². The second-order valence-electron chi connectivity index (χ2n) is 5.01. The van der Waals surface area contributed by atoms with Gasteiger partial charge in [0.25, 0.3) is 0 Å². The molecular weight excluding hydrogens is 284 g/mol. The van der Waals surface area contributed by atoms with Crippen LogP contribution in [0.5, 0.6) is 5.75 Å². The molecule has 0 fully saturated rings. The second kappa shape index (κ2) is 7.28. The molecule has 1 atom stereocenters. The number of rotatable bonds is 6. The number of hydrogen-bond donors (Lipinski definition) is 0. The minimum Gasteiger partial charge on any atom is -0.497 e. The smallest absolute Gasteiger partial charge is 0.163 e. The third-order valence-electron chi connectivity index (χ3n) is 3.68. The second-order valence-corrected chi connectivity index (χ2v) is 5.45. The largest absolute Gasteiger partial charge is 0.497 e. The minimum atomic E-state index is 0.152. The van der Waals surface area contributed by atoms with Crippen molar-refractivity contribution in [2.24, 2.45) is 0 Å². The van der Waals surface area contributed by atoms with Crippen LogP contribution in [0.25, 0.3) is 0 Å². The number of Topliss-reactive ketones (excluding diaryl/α,β-unsaturated/α-hetero) is 1. The summed E-state index contributed by atoms with van der Waals surface area (Å²) in [4.78, 5) is 12.4. The Kier molecular flexibility index (Phi) is 5.40. The Morgan fingerprint density at radius 1 is 1.10 bits per heavy atom. The normalized spacial score (nSPS) is 12.0. The van der Waals surface area contributed by atoms with Gasteiger partial charge >= 0.3 is 0 Å². The number of methoxy groups -OCH3 is 1. The van der Waals surface area contributed by atoms with E-state index >= 15 is 0 Å². The molecule has 2 rings (SSSR count).